The second-order valence-electron chi connectivity index (χ2n) is 5.52. The minimum atomic E-state index is -0.809. The van der Waals surface area contributed by atoms with E-state index in [0.717, 1.165) is 17.0 Å². The Labute approximate surface area is 118 Å². The number of carbonyl (C=O) groups is 1. The van der Waals surface area contributed by atoms with Gasteiger partial charge in [-0.15, -0.1) is 0 Å². The molecule has 4 heteroatoms. The van der Waals surface area contributed by atoms with Crippen LogP contribution in [0.4, 0.5) is 0 Å². The molecule has 0 aliphatic carbocycles. The van der Waals surface area contributed by atoms with Crippen molar-refractivity contribution in [2.75, 3.05) is 0 Å². The summed E-state index contributed by atoms with van der Waals surface area (Å²) in [6.45, 7) is 5.84. The molecule has 1 aliphatic rings. The van der Waals surface area contributed by atoms with Crippen LogP contribution in [0.25, 0.3) is 0 Å². The molecule has 2 atom stereocenters. The van der Waals surface area contributed by atoms with Gasteiger partial charge in [0.25, 0.3) is 0 Å². The van der Waals surface area contributed by atoms with Gasteiger partial charge in [0, 0.05) is 17.7 Å². The number of carbonyl (C=O) groups excluding carboxylic acids is 1. The molecule has 4 nitrogen and oxygen atoms in total. The van der Waals surface area contributed by atoms with Gasteiger partial charge >= 0.3 is 5.97 Å². The molecule has 0 saturated carbocycles. The van der Waals surface area contributed by atoms with Crippen molar-refractivity contribution in [2.45, 2.75) is 32.9 Å². The topological polar surface area (TPSA) is 44.1 Å². The van der Waals surface area contributed by atoms with E-state index in [0.29, 0.717) is 6.42 Å². The fourth-order valence-corrected chi connectivity index (χ4v) is 2.93. The van der Waals surface area contributed by atoms with Crippen LogP contribution in [0.2, 0.25) is 0 Å². The minimum Gasteiger partial charge on any atom is -0.432 e. The second-order valence-corrected chi connectivity index (χ2v) is 5.52. The van der Waals surface area contributed by atoms with Crippen molar-refractivity contribution < 1.29 is 9.53 Å². The van der Waals surface area contributed by atoms with E-state index in [1.54, 1.807) is 0 Å². The molecular weight excluding hydrogens is 252 g/mol. The van der Waals surface area contributed by atoms with E-state index in [-0.39, 0.29) is 11.9 Å². The van der Waals surface area contributed by atoms with Crippen LogP contribution in [0, 0.1) is 19.8 Å². The van der Waals surface area contributed by atoms with Gasteiger partial charge in [-0.2, -0.15) is 5.10 Å². The molecule has 2 heterocycles. The number of cyclic esters (lactones) is 1. The highest BCUT2D eigenvalue weighted by molar-refractivity contribution is 5.75. The third-order valence-electron chi connectivity index (χ3n) is 3.83. The molecule has 0 spiro atoms. The van der Waals surface area contributed by atoms with E-state index in [9.17, 15) is 4.79 Å². The van der Waals surface area contributed by atoms with Crippen molar-refractivity contribution in [1.82, 2.24) is 9.78 Å². The number of nitrogens with zero attached hydrogens (tertiary/aromatic N) is 2. The van der Waals surface area contributed by atoms with E-state index < -0.39 is 5.72 Å². The summed E-state index contributed by atoms with van der Waals surface area (Å²) in [4.78, 5) is 12.0. The number of aryl methyl sites for hydroxylation is 2. The van der Waals surface area contributed by atoms with Gasteiger partial charge in [-0.05, 0) is 19.9 Å². The van der Waals surface area contributed by atoms with Crippen molar-refractivity contribution in [1.29, 1.82) is 0 Å². The number of esters is 1. The maximum absolute atomic E-state index is 12.0. The molecule has 1 saturated heterocycles. The fraction of sp³-hybridized carbons (Fsp3) is 0.375. The lowest BCUT2D eigenvalue weighted by Crippen LogP contribution is -2.36. The van der Waals surface area contributed by atoms with Crippen molar-refractivity contribution in [3.8, 4) is 0 Å². The Bertz CT molecular complexity index is 648. The predicted octanol–water partition coefficient (Wildman–Crippen LogP) is 2.78. The third-order valence-corrected chi connectivity index (χ3v) is 3.83. The zero-order valence-corrected chi connectivity index (χ0v) is 12.0. The van der Waals surface area contributed by atoms with Crippen LogP contribution >= 0.6 is 0 Å². The molecule has 104 valence electrons. The monoisotopic (exact) mass is 270 g/mol. The standard InChI is InChI=1S/C16H18N2O2/c1-11-10-16(20-15(11)19,14-7-5-4-6-8-14)18-13(3)9-12(2)17-18/h4-9,11H,10H2,1-3H3. The Morgan fingerprint density at radius 3 is 2.50 bits per heavy atom. The quantitative estimate of drug-likeness (QED) is 0.788. The van der Waals surface area contributed by atoms with E-state index >= 15 is 0 Å². The van der Waals surface area contributed by atoms with Crippen molar-refractivity contribution in [3.05, 3.63) is 53.3 Å². The lowest BCUT2D eigenvalue weighted by atomic mass is 9.95. The summed E-state index contributed by atoms with van der Waals surface area (Å²) in [7, 11) is 0. The van der Waals surface area contributed by atoms with Crippen LogP contribution in [-0.4, -0.2) is 15.7 Å². The Kier molecular flexibility index (Phi) is 2.89. The molecule has 2 unspecified atom stereocenters. The number of hydrogen-bond donors (Lipinski definition) is 0. The minimum absolute atomic E-state index is 0.126. The van der Waals surface area contributed by atoms with Crippen LogP contribution in [0.1, 0.15) is 30.3 Å². The summed E-state index contributed by atoms with van der Waals surface area (Å²) in [5.74, 6) is -0.291. The molecule has 1 fully saturated rings. The number of aromatic nitrogens is 2. The highest BCUT2D eigenvalue weighted by atomic mass is 16.6. The summed E-state index contributed by atoms with van der Waals surface area (Å²) in [5.41, 5.74) is 2.07. The first kappa shape index (κ1) is 12.9. The van der Waals surface area contributed by atoms with Crippen LogP contribution in [-0.2, 0) is 15.3 Å². The Morgan fingerprint density at radius 2 is 2.00 bits per heavy atom. The van der Waals surface area contributed by atoms with Crippen LogP contribution < -0.4 is 0 Å². The molecule has 1 aromatic carbocycles. The van der Waals surface area contributed by atoms with Gasteiger partial charge in [0.05, 0.1) is 11.6 Å². The average Bonchev–Trinajstić information content (AvgIpc) is 2.92. The molecule has 1 aliphatic heterocycles. The molecule has 2 aromatic rings. The summed E-state index contributed by atoms with van der Waals surface area (Å²) in [6.07, 6.45) is 0.609. The van der Waals surface area contributed by atoms with E-state index in [2.05, 4.69) is 5.10 Å². The first-order valence-corrected chi connectivity index (χ1v) is 6.85. The summed E-state index contributed by atoms with van der Waals surface area (Å²) in [5, 5.41) is 4.55. The molecule has 0 N–H and O–H groups in total. The van der Waals surface area contributed by atoms with Gasteiger partial charge in [-0.3, -0.25) is 4.79 Å². The van der Waals surface area contributed by atoms with Crippen LogP contribution in [0.5, 0.6) is 0 Å². The number of benzene rings is 1. The normalized spacial score (nSPS) is 25.8. The summed E-state index contributed by atoms with van der Waals surface area (Å²) in [6, 6.07) is 11.9. The highest BCUT2D eigenvalue weighted by Gasteiger charge is 2.49. The first-order chi connectivity index (χ1) is 9.53. The van der Waals surface area contributed by atoms with Crippen LogP contribution in [0.15, 0.2) is 36.4 Å². The van der Waals surface area contributed by atoms with Gasteiger partial charge in [0.2, 0.25) is 5.72 Å². The van der Waals surface area contributed by atoms with Gasteiger partial charge < -0.3 is 4.74 Å². The summed E-state index contributed by atoms with van der Waals surface area (Å²) >= 11 is 0. The zero-order chi connectivity index (χ0) is 14.3. The molecule has 3 rings (SSSR count). The van der Waals surface area contributed by atoms with E-state index in [1.165, 1.54) is 0 Å². The van der Waals surface area contributed by atoms with Gasteiger partial charge in [-0.25, -0.2) is 4.68 Å². The van der Waals surface area contributed by atoms with Crippen molar-refractivity contribution >= 4 is 5.97 Å². The smallest absolute Gasteiger partial charge is 0.311 e. The average molecular weight is 270 g/mol. The molecule has 20 heavy (non-hydrogen) atoms. The van der Waals surface area contributed by atoms with Gasteiger partial charge in [-0.1, -0.05) is 37.3 Å². The Morgan fingerprint density at radius 1 is 1.30 bits per heavy atom. The first-order valence-electron chi connectivity index (χ1n) is 6.85. The zero-order valence-electron chi connectivity index (χ0n) is 12.0. The van der Waals surface area contributed by atoms with E-state index in [1.807, 2.05) is 61.9 Å². The SMILES string of the molecule is Cc1cc(C)n(C2(c3ccccc3)CC(C)C(=O)O2)n1. The molecule has 0 bridgehead atoms. The molecule has 1 aromatic heterocycles. The number of hydrogen-bond acceptors (Lipinski definition) is 3. The number of ether oxygens (including phenoxy) is 1. The molecule has 0 amide bonds. The van der Waals surface area contributed by atoms with Crippen LogP contribution in [0.3, 0.4) is 0 Å². The van der Waals surface area contributed by atoms with Crippen molar-refractivity contribution in [3.63, 3.8) is 0 Å². The Hall–Kier alpha value is -2.10. The van der Waals surface area contributed by atoms with E-state index in [4.69, 9.17) is 4.74 Å². The third kappa shape index (κ3) is 1.83. The maximum atomic E-state index is 12.0. The second kappa shape index (κ2) is 4.47. The fourth-order valence-electron chi connectivity index (χ4n) is 2.93. The molecular formula is C16H18N2O2. The largest absolute Gasteiger partial charge is 0.432 e. The van der Waals surface area contributed by atoms with Gasteiger partial charge in [0.15, 0.2) is 0 Å². The van der Waals surface area contributed by atoms with Gasteiger partial charge in [0.1, 0.15) is 0 Å². The predicted molar refractivity (Wildman–Crippen MR) is 75.1 cm³/mol. The Balaban J connectivity index is 2.20. The highest BCUT2D eigenvalue weighted by Crippen LogP contribution is 2.41. The maximum Gasteiger partial charge on any atom is 0.311 e. The molecule has 0 radical (unpaired) electrons. The van der Waals surface area contributed by atoms with Crippen molar-refractivity contribution in [2.24, 2.45) is 5.92 Å². The number of rotatable bonds is 2. The lowest BCUT2D eigenvalue weighted by molar-refractivity contribution is -0.154. The lowest BCUT2D eigenvalue weighted by Gasteiger charge is -2.30. The summed E-state index contributed by atoms with van der Waals surface area (Å²) < 4.78 is 7.64.